The molecule has 0 saturated heterocycles. The average Bonchev–Trinajstić information content (AvgIpc) is 2.89. The zero-order valence-corrected chi connectivity index (χ0v) is 15.4. The molecule has 0 aromatic carbocycles. The molecule has 0 heterocycles. The molecule has 0 aromatic rings. The number of carbonyl (C=O) groups excluding carboxylic acids is 2. The van der Waals surface area contributed by atoms with Crippen molar-refractivity contribution in [3.05, 3.63) is 23.5 Å². The van der Waals surface area contributed by atoms with E-state index in [1.54, 1.807) is 7.11 Å². The SMILES string of the molecule is COC1=CC2=CC[C@@H]3[C@H]([C@@H](OC=O)C[C@]4(C)C(=O)CC[C@@H]34)[C@@]2(C)CC1. The van der Waals surface area contributed by atoms with Crippen LogP contribution in [-0.2, 0) is 19.1 Å². The maximum absolute atomic E-state index is 12.6. The lowest BCUT2D eigenvalue weighted by Crippen LogP contribution is -2.56. The first-order valence-corrected chi connectivity index (χ1v) is 9.51. The Hall–Kier alpha value is -1.58. The van der Waals surface area contributed by atoms with E-state index in [0.717, 1.165) is 31.4 Å². The van der Waals surface area contributed by atoms with Gasteiger partial charge in [-0.3, -0.25) is 9.59 Å². The molecule has 0 amide bonds. The van der Waals surface area contributed by atoms with Crippen LogP contribution in [0.5, 0.6) is 0 Å². The number of ketones is 1. The number of allylic oxidation sites excluding steroid dienone is 4. The summed E-state index contributed by atoms with van der Waals surface area (Å²) in [5.41, 5.74) is 0.994. The Morgan fingerprint density at radius 2 is 2.04 bits per heavy atom. The first-order valence-electron chi connectivity index (χ1n) is 9.51. The van der Waals surface area contributed by atoms with E-state index in [4.69, 9.17) is 9.47 Å². The number of methoxy groups -OCH3 is 1. The fraction of sp³-hybridized carbons (Fsp3) is 0.714. The minimum atomic E-state index is -0.321. The van der Waals surface area contributed by atoms with Gasteiger partial charge in [0.25, 0.3) is 6.47 Å². The minimum absolute atomic E-state index is 0.00834. The van der Waals surface area contributed by atoms with E-state index in [1.165, 1.54) is 5.57 Å². The Kier molecular flexibility index (Phi) is 3.86. The van der Waals surface area contributed by atoms with Gasteiger partial charge in [-0.2, -0.15) is 0 Å². The van der Waals surface area contributed by atoms with E-state index in [-0.39, 0.29) is 22.9 Å². The van der Waals surface area contributed by atoms with E-state index >= 15 is 0 Å². The number of hydrogen-bond donors (Lipinski definition) is 0. The largest absolute Gasteiger partial charge is 0.501 e. The molecule has 4 heteroatoms. The Morgan fingerprint density at radius 3 is 2.76 bits per heavy atom. The molecular weight excluding hydrogens is 316 g/mol. The highest BCUT2D eigenvalue weighted by atomic mass is 16.5. The van der Waals surface area contributed by atoms with Crippen LogP contribution in [0.15, 0.2) is 23.5 Å². The van der Waals surface area contributed by atoms with Crippen LogP contribution in [0.25, 0.3) is 0 Å². The van der Waals surface area contributed by atoms with Crippen molar-refractivity contribution in [2.75, 3.05) is 7.11 Å². The molecule has 4 nitrogen and oxygen atoms in total. The maximum atomic E-state index is 12.6. The third kappa shape index (κ3) is 2.25. The molecule has 0 spiro atoms. The summed E-state index contributed by atoms with van der Waals surface area (Å²) in [6.07, 6.45) is 9.61. The van der Waals surface area contributed by atoms with Gasteiger partial charge in [-0.1, -0.05) is 19.9 Å². The van der Waals surface area contributed by atoms with Crippen molar-refractivity contribution in [2.24, 2.45) is 28.6 Å². The molecule has 4 aliphatic rings. The lowest BCUT2D eigenvalue weighted by Gasteiger charge is -2.57. The predicted octanol–water partition coefficient (Wildman–Crippen LogP) is 3.81. The number of ether oxygens (including phenoxy) is 2. The molecule has 136 valence electrons. The first-order chi connectivity index (χ1) is 11.9. The fourth-order valence-electron chi connectivity index (χ4n) is 6.53. The molecule has 4 rings (SSSR count). The van der Waals surface area contributed by atoms with Crippen molar-refractivity contribution in [2.45, 2.75) is 58.5 Å². The molecule has 0 N–H and O–H groups in total. The van der Waals surface area contributed by atoms with Crippen molar-refractivity contribution in [3.8, 4) is 0 Å². The molecule has 0 radical (unpaired) electrons. The van der Waals surface area contributed by atoms with E-state index in [0.29, 0.717) is 36.9 Å². The second-order valence-corrected chi connectivity index (χ2v) is 8.78. The standard InChI is InChI=1S/C21H28O4/c1-20-9-8-14(24-3)10-13(20)4-5-15-16-6-7-18(23)21(16,2)11-17(19(15)20)25-12-22/h4,10,12,15-17,19H,5-9,11H2,1-3H3/t15-,16-,17-,19+,20-,21-/m0/s1. The smallest absolute Gasteiger partial charge is 0.293 e. The van der Waals surface area contributed by atoms with Crippen LogP contribution in [0.3, 0.4) is 0 Å². The second-order valence-electron chi connectivity index (χ2n) is 8.78. The summed E-state index contributed by atoms with van der Waals surface area (Å²) in [5, 5.41) is 0. The van der Waals surface area contributed by atoms with Crippen molar-refractivity contribution >= 4 is 12.3 Å². The van der Waals surface area contributed by atoms with Crippen molar-refractivity contribution < 1.29 is 19.1 Å². The molecule has 2 fully saturated rings. The van der Waals surface area contributed by atoms with Gasteiger partial charge in [-0.05, 0) is 54.6 Å². The van der Waals surface area contributed by atoms with Gasteiger partial charge in [0.1, 0.15) is 11.9 Å². The Morgan fingerprint density at radius 1 is 1.24 bits per heavy atom. The van der Waals surface area contributed by atoms with Gasteiger partial charge < -0.3 is 9.47 Å². The highest BCUT2D eigenvalue weighted by molar-refractivity contribution is 5.87. The van der Waals surface area contributed by atoms with E-state index in [9.17, 15) is 9.59 Å². The molecule has 0 bridgehead atoms. The van der Waals surface area contributed by atoms with Gasteiger partial charge in [0, 0.05) is 24.2 Å². The maximum Gasteiger partial charge on any atom is 0.293 e. The van der Waals surface area contributed by atoms with Crippen LogP contribution in [0.1, 0.15) is 52.4 Å². The molecule has 2 saturated carbocycles. The molecule has 0 aromatic heterocycles. The van der Waals surface area contributed by atoms with Gasteiger partial charge in [-0.25, -0.2) is 0 Å². The summed E-state index contributed by atoms with van der Waals surface area (Å²) in [6, 6.07) is 0. The normalized spacial score (nSPS) is 45.5. The highest BCUT2D eigenvalue weighted by Crippen LogP contribution is 2.64. The topological polar surface area (TPSA) is 52.6 Å². The monoisotopic (exact) mass is 344 g/mol. The first kappa shape index (κ1) is 16.9. The van der Waals surface area contributed by atoms with Crippen LogP contribution >= 0.6 is 0 Å². The predicted molar refractivity (Wildman–Crippen MR) is 93.5 cm³/mol. The molecule has 25 heavy (non-hydrogen) atoms. The van der Waals surface area contributed by atoms with Gasteiger partial charge in [0.2, 0.25) is 0 Å². The van der Waals surface area contributed by atoms with Crippen LogP contribution in [0, 0.1) is 28.6 Å². The summed E-state index contributed by atoms with van der Waals surface area (Å²) in [7, 11) is 1.73. The quantitative estimate of drug-likeness (QED) is 0.731. The van der Waals surface area contributed by atoms with Gasteiger partial charge >= 0.3 is 0 Å². The Balaban J connectivity index is 1.78. The highest BCUT2D eigenvalue weighted by Gasteiger charge is 2.62. The summed E-state index contributed by atoms with van der Waals surface area (Å²) >= 11 is 0. The number of fused-ring (bicyclic) bond motifs is 5. The molecule has 0 aliphatic heterocycles. The summed E-state index contributed by atoms with van der Waals surface area (Å²) in [6.45, 7) is 5.01. The van der Waals surface area contributed by atoms with Gasteiger partial charge in [-0.15, -0.1) is 0 Å². The van der Waals surface area contributed by atoms with Crippen molar-refractivity contribution in [1.29, 1.82) is 0 Å². The Bertz CT molecular complexity index is 663. The number of hydrogen-bond acceptors (Lipinski definition) is 4. The lowest BCUT2D eigenvalue weighted by molar-refractivity contribution is -0.162. The third-order valence-corrected chi connectivity index (χ3v) is 7.85. The van der Waals surface area contributed by atoms with Gasteiger partial charge in [0.15, 0.2) is 0 Å². The summed E-state index contributed by atoms with van der Waals surface area (Å²) in [4.78, 5) is 23.8. The van der Waals surface area contributed by atoms with E-state index in [1.807, 2.05) is 0 Å². The van der Waals surface area contributed by atoms with Crippen LogP contribution in [0.4, 0.5) is 0 Å². The third-order valence-electron chi connectivity index (χ3n) is 7.85. The van der Waals surface area contributed by atoms with E-state index in [2.05, 4.69) is 26.0 Å². The van der Waals surface area contributed by atoms with Gasteiger partial charge in [0.05, 0.1) is 12.9 Å². The van der Waals surface area contributed by atoms with Crippen molar-refractivity contribution in [1.82, 2.24) is 0 Å². The van der Waals surface area contributed by atoms with E-state index < -0.39 is 0 Å². The van der Waals surface area contributed by atoms with Crippen molar-refractivity contribution in [3.63, 3.8) is 0 Å². The van der Waals surface area contributed by atoms with Crippen LogP contribution < -0.4 is 0 Å². The number of rotatable bonds is 3. The van der Waals surface area contributed by atoms with Crippen LogP contribution in [-0.4, -0.2) is 25.5 Å². The zero-order valence-electron chi connectivity index (χ0n) is 15.4. The Labute approximate surface area is 149 Å². The zero-order chi connectivity index (χ0) is 17.8. The molecular formula is C21H28O4. The molecule has 4 aliphatic carbocycles. The number of carbonyl (C=O) groups is 2. The summed E-state index contributed by atoms with van der Waals surface area (Å²) in [5.74, 6) is 2.52. The number of Topliss-reactive ketones (excluding diaryl/α,β-unsaturated/α-hetero) is 1. The molecule has 0 unspecified atom stereocenters. The lowest BCUT2D eigenvalue weighted by atomic mass is 9.48. The second kappa shape index (κ2) is 5.72. The minimum Gasteiger partial charge on any atom is -0.501 e. The average molecular weight is 344 g/mol. The molecule has 6 atom stereocenters. The fourth-order valence-corrected chi connectivity index (χ4v) is 6.53. The van der Waals surface area contributed by atoms with Crippen LogP contribution in [0.2, 0.25) is 0 Å². The summed E-state index contributed by atoms with van der Waals surface area (Å²) < 4.78 is 11.1.